The Labute approximate surface area is 122 Å². The van der Waals surface area contributed by atoms with E-state index in [0.717, 1.165) is 35.7 Å². The molecule has 1 aromatic rings. The fraction of sp³-hybridized carbons (Fsp3) is 0.688. The van der Waals surface area contributed by atoms with Crippen LogP contribution >= 0.6 is 0 Å². The van der Waals surface area contributed by atoms with Gasteiger partial charge < -0.3 is 15.0 Å². The quantitative estimate of drug-likeness (QED) is 0.896. The number of aryl methyl sites for hydroxylation is 1. The maximum absolute atomic E-state index is 5.45. The number of likely N-dealkylation sites (N-methyl/N-ethyl adjacent to an activating group) is 1. The summed E-state index contributed by atoms with van der Waals surface area (Å²) in [6.45, 7) is 7.19. The molecule has 1 aromatic heterocycles. The largest absolute Gasteiger partial charge is 0.496 e. The third kappa shape index (κ3) is 3.49. The van der Waals surface area contributed by atoms with Crippen LogP contribution in [0, 0.1) is 13.8 Å². The molecule has 1 aliphatic heterocycles. The van der Waals surface area contributed by atoms with Gasteiger partial charge in [-0.2, -0.15) is 0 Å². The summed E-state index contributed by atoms with van der Waals surface area (Å²) < 4.78 is 5.45. The van der Waals surface area contributed by atoms with Crippen LogP contribution in [0.5, 0.6) is 5.75 Å². The zero-order valence-electron chi connectivity index (χ0n) is 13.2. The van der Waals surface area contributed by atoms with Crippen molar-refractivity contribution in [1.29, 1.82) is 0 Å². The molecule has 0 saturated carbocycles. The molecule has 1 fully saturated rings. The number of nitrogens with zero attached hydrogens (tertiary/aromatic N) is 2. The molecule has 1 N–H and O–H groups in total. The van der Waals surface area contributed by atoms with Crippen LogP contribution in [-0.4, -0.2) is 43.2 Å². The second-order valence-electron chi connectivity index (χ2n) is 5.81. The number of hydrogen-bond acceptors (Lipinski definition) is 4. The lowest BCUT2D eigenvalue weighted by Gasteiger charge is -2.32. The Morgan fingerprint density at radius 3 is 2.90 bits per heavy atom. The maximum Gasteiger partial charge on any atom is 0.128 e. The molecule has 0 spiro atoms. The summed E-state index contributed by atoms with van der Waals surface area (Å²) in [5.41, 5.74) is 3.34. The number of hydrogen-bond donors (Lipinski definition) is 1. The molecule has 0 amide bonds. The lowest BCUT2D eigenvalue weighted by Crippen LogP contribution is -2.43. The Kier molecular flexibility index (Phi) is 5.38. The molecule has 112 valence electrons. The summed E-state index contributed by atoms with van der Waals surface area (Å²) in [7, 11) is 3.95. The van der Waals surface area contributed by atoms with Gasteiger partial charge in [0, 0.05) is 36.5 Å². The van der Waals surface area contributed by atoms with Crippen LogP contribution in [0.1, 0.15) is 36.1 Å². The van der Waals surface area contributed by atoms with E-state index in [4.69, 9.17) is 4.74 Å². The number of pyridine rings is 1. The van der Waals surface area contributed by atoms with E-state index < -0.39 is 0 Å². The van der Waals surface area contributed by atoms with Gasteiger partial charge >= 0.3 is 0 Å². The molecule has 2 rings (SSSR count). The Morgan fingerprint density at radius 2 is 2.20 bits per heavy atom. The Morgan fingerprint density at radius 1 is 1.40 bits per heavy atom. The summed E-state index contributed by atoms with van der Waals surface area (Å²) in [6.07, 6.45) is 5.89. The first-order valence-electron chi connectivity index (χ1n) is 7.53. The van der Waals surface area contributed by atoms with Gasteiger partial charge in [-0.05, 0) is 40.3 Å². The van der Waals surface area contributed by atoms with Gasteiger partial charge in [0.15, 0.2) is 0 Å². The first kappa shape index (κ1) is 15.3. The molecular weight excluding hydrogens is 250 g/mol. The topological polar surface area (TPSA) is 37.4 Å². The summed E-state index contributed by atoms with van der Waals surface area (Å²) >= 11 is 0. The van der Waals surface area contributed by atoms with Crippen LogP contribution in [0.3, 0.4) is 0 Å². The summed E-state index contributed by atoms with van der Waals surface area (Å²) in [6, 6.07) is 0.663. The third-order valence-corrected chi connectivity index (χ3v) is 4.34. The number of ether oxygens (including phenoxy) is 1. The molecular formula is C16H27N3O. The lowest BCUT2D eigenvalue weighted by molar-refractivity contribution is 0.181. The van der Waals surface area contributed by atoms with Gasteiger partial charge in [0.05, 0.1) is 12.8 Å². The summed E-state index contributed by atoms with van der Waals surface area (Å²) in [4.78, 5) is 7.00. The van der Waals surface area contributed by atoms with Crippen LogP contribution in [0.2, 0.25) is 0 Å². The van der Waals surface area contributed by atoms with Gasteiger partial charge in [0.1, 0.15) is 5.75 Å². The maximum atomic E-state index is 5.45. The minimum Gasteiger partial charge on any atom is -0.496 e. The number of likely N-dealkylation sites (tertiary alicyclic amines) is 1. The minimum atomic E-state index is 0.663. The smallest absolute Gasteiger partial charge is 0.128 e. The van der Waals surface area contributed by atoms with Crippen LogP contribution in [-0.2, 0) is 6.54 Å². The lowest BCUT2D eigenvalue weighted by atomic mass is 10.0. The zero-order chi connectivity index (χ0) is 14.5. The van der Waals surface area contributed by atoms with Gasteiger partial charge in [0.2, 0.25) is 0 Å². The summed E-state index contributed by atoms with van der Waals surface area (Å²) in [5, 5.41) is 3.55. The Bertz CT molecular complexity index is 448. The van der Waals surface area contributed by atoms with Crippen molar-refractivity contribution in [3.05, 3.63) is 23.0 Å². The van der Waals surface area contributed by atoms with E-state index in [2.05, 4.69) is 29.2 Å². The van der Waals surface area contributed by atoms with Crippen molar-refractivity contribution in [2.24, 2.45) is 0 Å². The highest BCUT2D eigenvalue weighted by Gasteiger charge is 2.18. The molecule has 1 saturated heterocycles. The molecule has 0 radical (unpaired) electrons. The number of piperidine rings is 1. The first-order valence-corrected chi connectivity index (χ1v) is 7.53. The standard InChI is InChI=1S/C16H27N3O/c1-12-9-18-15(13(2)16(12)20-4)11-17-10-14-7-5-6-8-19(14)3/h9,14,17H,5-8,10-11H2,1-4H3. The molecule has 1 aliphatic rings. The van der Waals surface area contributed by atoms with Crippen molar-refractivity contribution < 1.29 is 4.74 Å². The molecule has 0 bridgehead atoms. The van der Waals surface area contributed by atoms with E-state index in [1.807, 2.05) is 13.1 Å². The molecule has 1 atom stereocenters. The van der Waals surface area contributed by atoms with Crippen LogP contribution < -0.4 is 10.1 Å². The van der Waals surface area contributed by atoms with Gasteiger partial charge in [-0.1, -0.05) is 6.42 Å². The predicted molar refractivity (Wildman–Crippen MR) is 82.2 cm³/mol. The monoisotopic (exact) mass is 277 g/mol. The Balaban J connectivity index is 1.91. The van der Waals surface area contributed by atoms with Crippen LogP contribution in [0.4, 0.5) is 0 Å². The highest BCUT2D eigenvalue weighted by atomic mass is 16.5. The second-order valence-corrected chi connectivity index (χ2v) is 5.81. The van der Waals surface area contributed by atoms with E-state index in [1.54, 1.807) is 7.11 Å². The zero-order valence-corrected chi connectivity index (χ0v) is 13.2. The van der Waals surface area contributed by atoms with Crippen molar-refractivity contribution in [3.63, 3.8) is 0 Å². The predicted octanol–water partition coefficient (Wildman–Crippen LogP) is 2.28. The average Bonchev–Trinajstić information content (AvgIpc) is 2.44. The molecule has 4 nitrogen and oxygen atoms in total. The highest BCUT2D eigenvalue weighted by molar-refractivity contribution is 5.40. The molecule has 0 aliphatic carbocycles. The Hall–Kier alpha value is -1.13. The van der Waals surface area contributed by atoms with Crippen LogP contribution in [0.25, 0.3) is 0 Å². The van der Waals surface area contributed by atoms with Crippen molar-refractivity contribution in [3.8, 4) is 5.75 Å². The highest BCUT2D eigenvalue weighted by Crippen LogP contribution is 2.23. The summed E-state index contributed by atoms with van der Waals surface area (Å²) in [5.74, 6) is 0.964. The van der Waals surface area contributed by atoms with E-state index >= 15 is 0 Å². The fourth-order valence-corrected chi connectivity index (χ4v) is 3.01. The molecule has 1 unspecified atom stereocenters. The normalized spacial score (nSPS) is 20.1. The average molecular weight is 277 g/mol. The van der Waals surface area contributed by atoms with E-state index in [0.29, 0.717) is 6.04 Å². The molecule has 0 aromatic carbocycles. The molecule has 2 heterocycles. The second kappa shape index (κ2) is 7.04. The van der Waals surface area contributed by atoms with E-state index in [-0.39, 0.29) is 0 Å². The van der Waals surface area contributed by atoms with Gasteiger partial charge in [0.25, 0.3) is 0 Å². The number of rotatable bonds is 5. The number of aromatic nitrogens is 1. The van der Waals surface area contributed by atoms with Gasteiger partial charge in [-0.3, -0.25) is 4.98 Å². The van der Waals surface area contributed by atoms with Crippen molar-refractivity contribution in [2.45, 2.75) is 45.7 Å². The molecule has 20 heavy (non-hydrogen) atoms. The SMILES string of the molecule is COc1c(C)cnc(CNCC2CCCCN2C)c1C. The van der Waals surface area contributed by atoms with Crippen molar-refractivity contribution in [1.82, 2.24) is 15.2 Å². The number of nitrogens with one attached hydrogen (secondary N) is 1. The number of methoxy groups -OCH3 is 1. The van der Waals surface area contributed by atoms with E-state index in [1.165, 1.54) is 25.8 Å². The first-order chi connectivity index (χ1) is 9.63. The van der Waals surface area contributed by atoms with Crippen molar-refractivity contribution in [2.75, 3.05) is 27.2 Å². The fourth-order valence-electron chi connectivity index (χ4n) is 3.01. The minimum absolute atomic E-state index is 0.663. The molecule has 4 heteroatoms. The van der Waals surface area contributed by atoms with Gasteiger partial charge in [-0.15, -0.1) is 0 Å². The van der Waals surface area contributed by atoms with Crippen molar-refractivity contribution >= 4 is 0 Å². The van der Waals surface area contributed by atoms with E-state index in [9.17, 15) is 0 Å². The van der Waals surface area contributed by atoms with Crippen LogP contribution in [0.15, 0.2) is 6.20 Å². The third-order valence-electron chi connectivity index (χ3n) is 4.34. The van der Waals surface area contributed by atoms with Gasteiger partial charge in [-0.25, -0.2) is 0 Å².